The fourth-order valence-electron chi connectivity index (χ4n) is 4.41. The molecule has 9 nitrogen and oxygen atoms in total. The summed E-state index contributed by atoms with van der Waals surface area (Å²) < 4.78 is 34.7. The number of sulfone groups is 1. The summed E-state index contributed by atoms with van der Waals surface area (Å²) in [6, 6.07) is 6.36. The Morgan fingerprint density at radius 3 is 2.69 bits per heavy atom. The molecule has 170 valence electrons. The van der Waals surface area contributed by atoms with E-state index in [0.717, 1.165) is 12.8 Å². The van der Waals surface area contributed by atoms with Gasteiger partial charge in [-0.15, -0.1) is 0 Å². The number of anilines is 1. The van der Waals surface area contributed by atoms with Crippen LogP contribution >= 0.6 is 0 Å². The number of carbonyl (C=O) groups excluding carboxylic acids is 1. The van der Waals surface area contributed by atoms with Crippen molar-refractivity contribution in [3.05, 3.63) is 36.7 Å². The molecular weight excluding hydrogens is 430 g/mol. The average Bonchev–Trinajstić information content (AvgIpc) is 3.46. The van der Waals surface area contributed by atoms with Crippen LogP contribution < -0.4 is 5.32 Å². The Balaban J connectivity index is 1.52. The number of hydrogen-bond acceptors (Lipinski definition) is 6. The van der Waals surface area contributed by atoms with Gasteiger partial charge in [-0.1, -0.05) is 6.07 Å². The van der Waals surface area contributed by atoms with Crippen molar-refractivity contribution in [2.24, 2.45) is 13.0 Å². The number of fused-ring (bicyclic) bond motifs is 1. The summed E-state index contributed by atoms with van der Waals surface area (Å²) in [6.07, 6.45) is 7.11. The molecule has 1 saturated heterocycles. The Bertz CT molecular complexity index is 1240. The number of amides is 1. The summed E-state index contributed by atoms with van der Waals surface area (Å²) in [7, 11) is -1.59. The van der Waals surface area contributed by atoms with Crippen LogP contribution in [0.15, 0.2) is 41.6 Å². The third-order valence-corrected chi connectivity index (χ3v) is 8.65. The molecule has 2 fully saturated rings. The molecule has 10 heteroatoms. The minimum atomic E-state index is -3.38. The van der Waals surface area contributed by atoms with Gasteiger partial charge in [-0.3, -0.25) is 14.2 Å². The van der Waals surface area contributed by atoms with E-state index in [1.54, 1.807) is 47.0 Å². The first-order valence-corrected chi connectivity index (χ1v) is 12.6. The lowest BCUT2D eigenvalue weighted by Crippen LogP contribution is -2.30. The predicted octanol–water partition coefficient (Wildman–Crippen LogP) is 2.70. The number of carbonyl (C=O) groups is 1. The molecule has 1 atom stereocenters. The number of aryl methyl sites for hydroxylation is 1. The van der Waals surface area contributed by atoms with Gasteiger partial charge in [0.2, 0.25) is 5.91 Å². The van der Waals surface area contributed by atoms with Crippen molar-refractivity contribution in [3.8, 4) is 0 Å². The third-order valence-electron chi connectivity index (χ3n) is 6.33. The van der Waals surface area contributed by atoms with E-state index >= 15 is 0 Å². The molecule has 1 N–H and O–H groups in total. The summed E-state index contributed by atoms with van der Waals surface area (Å²) >= 11 is 0. The molecule has 1 aromatic carbocycles. The molecule has 1 amide bonds. The van der Waals surface area contributed by atoms with Crippen molar-refractivity contribution in [3.63, 3.8) is 0 Å². The zero-order valence-corrected chi connectivity index (χ0v) is 18.8. The Morgan fingerprint density at radius 2 is 2.00 bits per heavy atom. The molecule has 5 rings (SSSR count). The van der Waals surface area contributed by atoms with Crippen molar-refractivity contribution in [1.82, 2.24) is 19.6 Å². The van der Waals surface area contributed by atoms with Crippen molar-refractivity contribution in [2.75, 3.05) is 18.5 Å². The van der Waals surface area contributed by atoms with E-state index in [1.165, 1.54) is 0 Å². The van der Waals surface area contributed by atoms with Crippen molar-refractivity contribution in [2.45, 2.75) is 48.3 Å². The Hall–Kier alpha value is -2.72. The summed E-state index contributed by atoms with van der Waals surface area (Å²) in [6.45, 7) is 1.37. The van der Waals surface area contributed by atoms with E-state index in [2.05, 4.69) is 15.5 Å². The number of nitrogens with one attached hydrogen (secondary N) is 1. The van der Waals surface area contributed by atoms with Gasteiger partial charge in [-0.25, -0.2) is 8.42 Å². The Kier molecular flexibility index (Phi) is 5.50. The largest absolute Gasteiger partial charge is 0.381 e. The lowest BCUT2D eigenvalue weighted by atomic mass is 9.92. The van der Waals surface area contributed by atoms with Gasteiger partial charge in [0.15, 0.2) is 15.7 Å². The molecule has 0 unspecified atom stereocenters. The van der Waals surface area contributed by atoms with Gasteiger partial charge in [0.05, 0.1) is 21.9 Å². The van der Waals surface area contributed by atoms with Crippen LogP contribution in [0.4, 0.5) is 5.82 Å². The van der Waals surface area contributed by atoms with E-state index in [9.17, 15) is 13.2 Å². The minimum absolute atomic E-state index is 0.212. The van der Waals surface area contributed by atoms with Crippen molar-refractivity contribution < 1.29 is 17.9 Å². The highest BCUT2D eigenvalue weighted by atomic mass is 32.2. The number of ether oxygens (including phenoxy) is 1. The number of nitrogens with zero attached hydrogens (tertiary/aromatic N) is 4. The van der Waals surface area contributed by atoms with Gasteiger partial charge in [0.1, 0.15) is 6.04 Å². The first kappa shape index (κ1) is 21.1. The normalized spacial score (nSPS) is 18.7. The van der Waals surface area contributed by atoms with Crippen molar-refractivity contribution >= 4 is 32.5 Å². The fourth-order valence-corrected chi connectivity index (χ4v) is 6.25. The molecule has 3 heterocycles. The molecule has 1 aliphatic carbocycles. The zero-order valence-electron chi connectivity index (χ0n) is 18.0. The van der Waals surface area contributed by atoms with Crippen LogP contribution in [-0.2, 0) is 26.4 Å². The maximum atomic E-state index is 13.4. The highest BCUT2D eigenvalue weighted by Gasteiger charge is 2.38. The van der Waals surface area contributed by atoms with Gasteiger partial charge in [0, 0.05) is 37.9 Å². The smallest absolute Gasteiger partial charge is 0.250 e. The van der Waals surface area contributed by atoms with Gasteiger partial charge in [0.25, 0.3) is 0 Å². The van der Waals surface area contributed by atoms with Gasteiger partial charge in [-0.2, -0.15) is 10.2 Å². The van der Waals surface area contributed by atoms with Crippen LogP contribution in [0.25, 0.3) is 10.9 Å². The molecule has 3 aromatic rings. The molecule has 32 heavy (non-hydrogen) atoms. The molecule has 1 aliphatic heterocycles. The van der Waals surface area contributed by atoms with Gasteiger partial charge >= 0.3 is 0 Å². The molecule has 0 bridgehead atoms. The highest BCUT2D eigenvalue weighted by molar-refractivity contribution is 7.92. The number of aromatic nitrogens is 4. The number of rotatable bonds is 7. The molecule has 0 radical (unpaired) electrons. The van der Waals surface area contributed by atoms with E-state index in [1.807, 2.05) is 6.07 Å². The Labute approximate surface area is 186 Å². The summed E-state index contributed by atoms with van der Waals surface area (Å²) in [5.41, 5.74) is 0.653. The molecule has 2 aliphatic rings. The maximum Gasteiger partial charge on any atom is 0.250 e. The lowest BCUT2D eigenvalue weighted by molar-refractivity contribution is -0.120. The van der Waals surface area contributed by atoms with Gasteiger partial charge < -0.3 is 10.1 Å². The lowest BCUT2D eigenvalue weighted by Gasteiger charge is -2.26. The summed E-state index contributed by atoms with van der Waals surface area (Å²) in [5, 5.41) is 11.9. The molecule has 1 saturated carbocycles. The van der Waals surface area contributed by atoms with Crippen LogP contribution in [0.3, 0.4) is 0 Å². The SMILES string of the molecule is Cn1ccc(NC(=O)[C@@H](CC2CCOCC2)n2ncc3c(S(=O)(=O)C4CC4)cccc32)n1. The quantitative estimate of drug-likeness (QED) is 0.584. The monoisotopic (exact) mass is 457 g/mol. The van der Waals surface area contributed by atoms with Crippen molar-refractivity contribution in [1.29, 1.82) is 0 Å². The third kappa shape index (κ3) is 4.04. The second-order valence-electron chi connectivity index (χ2n) is 8.69. The zero-order chi connectivity index (χ0) is 22.3. The first-order valence-electron chi connectivity index (χ1n) is 11.0. The number of benzene rings is 1. The fraction of sp³-hybridized carbons (Fsp3) is 0.500. The first-order chi connectivity index (χ1) is 15.4. The van der Waals surface area contributed by atoms with E-state index in [0.29, 0.717) is 60.0 Å². The number of hydrogen-bond donors (Lipinski definition) is 1. The summed E-state index contributed by atoms with van der Waals surface area (Å²) in [4.78, 5) is 13.7. The highest BCUT2D eigenvalue weighted by Crippen LogP contribution is 2.37. The van der Waals surface area contributed by atoms with Crippen LogP contribution in [0.1, 0.15) is 38.1 Å². The van der Waals surface area contributed by atoms with E-state index < -0.39 is 15.9 Å². The second-order valence-corrected chi connectivity index (χ2v) is 10.9. The van der Waals surface area contributed by atoms with Gasteiger partial charge in [-0.05, 0) is 50.2 Å². The maximum absolute atomic E-state index is 13.4. The average molecular weight is 458 g/mol. The van der Waals surface area contributed by atoms with Crippen LogP contribution in [0, 0.1) is 5.92 Å². The second kappa shape index (κ2) is 8.32. The van der Waals surface area contributed by atoms with Crippen LogP contribution in [0.5, 0.6) is 0 Å². The van der Waals surface area contributed by atoms with E-state index in [-0.39, 0.29) is 11.2 Å². The summed E-state index contributed by atoms with van der Waals surface area (Å²) in [5.74, 6) is 0.583. The van der Waals surface area contributed by atoms with E-state index in [4.69, 9.17) is 4.74 Å². The molecule has 2 aromatic heterocycles. The topological polar surface area (TPSA) is 108 Å². The molecular formula is C22H27N5O4S. The Morgan fingerprint density at radius 1 is 1.22 bits per heavy atom. The standard InChI is InChI=1S/C22H27N5O4S/c1-26-10-7-21(25-26)24-22(28)19(13-15-8-11-31-12-9-15)27-18-3-2-4-20(17(18)14-23-27)32(29,30)16-5-6-16/h2-4,7,10,14-16,19H,5-6,8-9,11-13H2,1H3,(H,24,25,28)/t19-/m1/s1. The van der Waals surface area contributed by atoms with Crippen LogP contribution in [-0.4, -0.2) is 52.3 Å². The molecule has 0 spiro atoms. The van der Waals surface area contributed by atoms with Crippen LogP contribution in [0.2, 0.25) is 0 Å². The predicted molar refractivity (Wildman–Crippen MR) is 119 cm³/mol. The minimum Gasteiger partial charge on any atom is -0.381 e.